The number of amides is 1. The Morgan fingerprint density at radius 3 is 2.50 bits per heavy atom. The van der Waals surface area contributed by atoms with E-state index in [0.29, 0.717) is 21.3 Å². The van der Waals surface area contributed by atoms with E-state index in [1.54, 1.807) is 36.4 Å². The average molecular weight is 334 g/mol. The van der Waals surface area contributed by atoms with Gasteiger partial charge in [0.2, 0.25) is 0 Å². The van der Waals surface area contributed by atoms with Crippen LogP contribution in [0.2, 0.25) is 10.0 Å². The summed E-state index contributed by atoms with van der Waals surface area (Å²) in [6.45, 7) is 0. The Bertz CT molecular complexity index is 803. The van der Waals surface area contributed by atoms with Crippen LogP contribution in [-0.2, 0) is 0 Å². The number of hydrogen-bond donors (Lipinski definition) is 1. The van der Waals surface area contributed by atoms with Gasteiger partial charge in [0.1, 0.15) is 6.33 Å². The molecule has 2 aromatic carbocycles. The summed E-state index contributed by atoms with van der Waals surface area (Å²) in [6, 6.07) is 11.8. The number of benzene rings is 2. The summed E-state index contributed by atoms with van der Waals surface area (Å²) in [7, 11) is 0. The second-order valence-electron chi connectivity index (χ2n) is 4.38. The number of aromatic nitrogens is 4. The molecule has 3 rings (SSSR count). The molecule has 3 aromatic rings. The number of halogens is 2. The number of nitrogens with zero attached hydrogens (tertiary/aromatic N) is 4. The zero-order valence-corrected chi connectivity index (χ0v) is 12.6. The first kappa shape index (κ1) is 14.5. The van der Waals surface area contributed by atoms with E-state index < -0.39 is 0 Å². The highest BCUT2D eigenvalue weighted by atomic mass is 35.5. The van der Waals surface area contributed by atoms with E-state index in [0.717, 1.165) is 5.69 Å². The third-order valence-electron chi connectivity index (χ3n) is 2.91. The Balaban J connectivity index is 1.77. The van der Waals surface area contributed by atoms with Crippen LogP contribution in [0.1, 0.15) is 10.4 Å². The van der Waals surface area contributed by atoms with E-state index in [1.807, 2.05) is 0 Å². The van der Waals surface area contributed by atoms with E-state index >= 15 is 0 Å². The van der Waals surface area contributed by atoms with E-state index in [4.69, 9.17) is 23.2 Å². The fourth-order valence-corrected chi connectivity index (χ4v) is 2.34. The zero-order chi connectivity index (χ0) is 15.5. The van der Waals surface area contributed by atoms with Crippen molar-refractivity contribution in [2.75, 3.05) is 5.32 Å². The number of carbonyl (C=O) groups is 1. The van der Waals surface area contributed by atoms with Crippen molar-refractivity contribution in [1.82, 2.24) is 20.2 Å². The lowest BCUT2D eigenvalue weighted by molar-refractivity contribution is 0.102. The van der Waals surface area contributed by atoms with Crippen LogP contribution in [-0.4, -0.2) is 26.1 Å². The predicted molar refractivity (Wildman–Crippen MR) is 83.6 cm³/mol. The molecule has 0 radical (unpaired) electrons. The predicted octanol–water partition coefficient (Wildman–Crippen LogP) is 3.22. The van der Waals surface area contributed by atoms with Gasteiger partial charge in [-0.1, -0.05) is 23.2 Å². The highest BCUT2D eigenvalue weighted by molar-refractivity contribution is 6.37. The minimum Gasteiger partial charge on any atom is -0.322 e. The van der Waals surface area contributed by atoms with Gasteiger partial charge in [-0.3, -0.25) is 4.79 Å². The van der Waals surface area contributed by atoms with Crippen LogP contribution >= 0.6 is 23.2 Å². The Kier molecular flexibility index (Phi) is 4.04. The fraction of sp³-hybridized carbons (Fsp3) is 0. The quantitative estimate of drug-likeness (QED) is 0.798. The standard InChI is InChI=1S/C14H9Cl2N5O/c15-9-1-6-12(13(16)7-9)14(22)18-10-2-4-11(5-3-10)21-8-17-19-20-21/h1-8H,(H,18,22). The van der Waals surface area contributed by atoms with Crippen molar-refractivity contribution >= 4 is 34.8 Å². The summed E-state index contributed by atoms with van der Waals surface area (Å²) >= 11 is 11.8. The second-order valence-corrected chi connectivity index (χ2v) is 5.22. The normalized spacial score (nSPS) is 10.5. The van der Waals surface area contributed by atoms with Crippen molar-refractivity contribution in [1.29, 1.82) is 0 Å². The third kappa shape index (κ3) is 3.08. The Hall–Kier alpha value is -2.44. The third-order valence-corrected chi connectivity index (χ3v) is 3.46. The van der Waals surface area contributed by atoms with Crippen LogP contribution in [0.5, 0.6) is 0 Å². The average Bonchev–Trinajstić information content (AvgIpc) is 3.02. The maximum Gasteiger partial charge on any atom is 0.257 e. The van der Waals surface area contributed by atoms with Gasteiger partial charge >= 0.3 is 0 Å². The topological polar surface area (TPSA) is 72.7 Å². The van der Waals surface area contributed by atoms with Gasteiger partial charge in [0, 0.05) is 10.7 Å². The minimum absolute atomic E-state index is 0.301. The number of hydrogen-bond acceptors (Lipinski definition) is 4. The SMILES string of the molecule is O=C(Nc1ccc(-n2cnnn2)cc1)c1ccc(Cl)cc1Cl. The fourth-order valence-electron chi connectivity index (χ4n) is 1.85. The number of anilines is 1. The summed E-state index contributed by atoms with van der Waals surface area (Å²) in [5, 5.41) is 14.5. The maximum atomic E-state index is 12.2. The first-order chi connectivity index (χ1) is 10.6. The summed E-state index contributed by atoms with van der Waals surface area (Å²) in [5.74, 6) is -0.308. The number of nitrogens with one attached hydrogen (secondary N) is 1. The highest BCUT2D eigenvalue weighted by Gasteiger charge is 2.11. The lowest BCUT2D eigenvalue weighted by atomic mass is 10.2. The Morgan fingerprint density at radius 2 is 1.86 bits per heavy atom. The van der Waals surface area contributed by atoms with Crippen molar-refractivity contribution in [3.8, 4) is 5.69 Å². The summed E-state index contributed by atoms with van der Waals surface area (Å²) in [4.78, 5) is 12.2. The molecular formula is C14H9Cl2N5O. The first-order valence-electron chi connectivity index (χ1n) is 6.23. The molecule has 110 valence electrons. The van der Waals surface area contributed by atoms with E-state index in [-0.39, 0.29) is 5.91 Å². The van der Waals surface area contributed by atoms with Crippen molar-refractivity contribution in [2.45, 2.75) is 0 Å². The monoisotopic (exact) mass is 333 g/mol. The van der Waals surface area contributed by atoms with Crippen molar-refractivity contribution in [3.05, 3.63) is 64.4 Å². The lowest BCUT2D eigenvalue weighted by Gasteiger charge is -2.08. The Morgan fingerprint density at radius 1 is 1.09 bits per heavy atom. The molecule has 0 spiro atoms. The van der Waals surface area contributed by atoms with Gasteiger partial charge in [0.05, 0.1) is 16.3 Å². The van der Waals surface area contributed by atoms with Crippen LogP contribution in [0.25, 0.3) is 5.69 Å². The van der Waals surface area contributed by atoms with E-state index in [1.165, 1.54) is 17.1 Å². The van der Waals surface area contributed by atoms with Crippen LogP contribution in [0.3, 0.4) is 0 Å². The molecule has 0 atom stereocenters. The van der Waals surface area contributed by atoms with Gasteiger partial charge in [-0.2, -0.15) is 0 Å². The van der Waals surface area contributed by atoms with Crippen LogP contribution < -0.4 is 5.32 Å². The molecule has 1 amide bonds. The number of rotatable bonds is 3. The molecule has 1 N–H and O–H groups in total. The maximum absolute atomic E-state index is 12.2. The van der Waals surface area contributed by atoms with E-state index in [2.05, 4.69) is 20.8 Å². The van der Waals surface area contributed by atoms with Crippen LogP contribution in [0.4, 0.5) is 5.69 Å². The van der Waals surface area contributed by atoms with Crippen molar-refractivity contribution < 1.29 is 4.79 Å². The highest BCUT2D eigenvalue weighted by Crippen LogP contribution is 2.22. The van der Waals surface area contributed by atoms with Crippen LogP contribution in [0, 0.1) is 0 Å². The molecule has 0 aliphatic rings. The smallest absolute Gasteiger partial charge is 0.257 e. The minimum atomic E-state index is -0.308. The van der Waals surface area contributed by atoms with Gasteiger partial charge < -0.3 is 5.32 Å². The molecular weight excluding hydrogens is 325 g/mol. The van der Waals surface area contributed by atoms with Gasteiger partial charge in [0.15, 0.2) is 0 Å². The molecule has 0 saturated carbocycles. The van der Waals surface area contributed by atoms with Gasteiger partial charge in [-0.15, -0.1) is 5.10 Å². The first-order valence-corrected chi connectivity index (χ1v) is 6.99. The summed E-state index contributed by atoms with van der Waals surface area (Å²) < 4.78 is 1.52. The van der Waals surface area contributed by atoms with Gasteiger partial charge in [-0.25, -0.2) is 4.68 Å². The largest absolute Gasteiger partial charge is 0.322 e. The number of tetrazole rings is 1. The molecule has 0 fully saturated rings. The van der Waals surface area contributed by atoms with E-state index in [9.17, 15) is 4.79 Å². The molecule has 0 aliphatic carbocycles. The van der Waals surface area contributed by atoms with Gasteiger partial charge in [0.25, 0.3) is 5.91 Å². The number of carbonyl (C=O) groups excluding carboxylic acids is 1. The summed E-state index contributed by atoms with van der Waals surface area (Å²) in [5.41, 5.74) is 1.77. The molecule has 8 heteroatoms. The second kappa shape index (κ2) is 6.13. The summed E-state index contributed by atoms with van der Waals surface area (Å²) in [6.07, 6.45) is 1.49. The molecule has 0 aliphatic heterocycles. The molecule has 1 heterocycles. The van der Waals surface area contributed by atoms with Gasteiger partial charge in [-0.05, 0) is 52.9 Å². The van der Waals surface area contributed by atoms with Crippen molar-refractivity contribution in [2.24, 2.45) is 0 Å². The Labute approximate surface area is 135 Å². The lowest BCUT2D eigenvalue weighted by Crippen LogP contribution is -2.12. The van der Waals surface area contributed by atoms with Crippen LogP contribution in [0.15, 0.2) is 48.8 Å². The molecule has 22 heavy (non-hydrogen) atoms. The molecule has 0 saturated heterocycles. The molecule has 0 unspecified atom stereocenters. The molecule has 6 nitrogen and oxygen atoms in total. The van der Waals surface area contributed by atoms with Crippen molar-refractivity contribution in [3.63, 3.8) is 0 Å². The molecule has 1 aromatic heterocycles. The molecule has 0 bridgehead atoms. The zero-order valence-electron chi connectivity index (χ0n) is 11.1.